The number of imide groups is 1. The highest BCUT2D eigenvalue weighted by atomic mass is 16.6. The molecule has 21 nitrogen and oxygen atoms in total. The Bertz CT molecular complexity index is 1790. The Kier molecular flexibility index (Phi) is 32.1. The number of carbonyl (C=O) groups excluding carboxylic acids is 5. The van der Waals surface area contributed by atoms with E-state index in [0.29, 0.717) is 98.4 Å². The van der Waals surface area contributed by atoms with Gasteiger partial charge in [0.2, 0.25) is 23.6 Å². The van der Waals surface area contributed by atoms with Crippen molar-refractivity contribution in [3.8, 4) is 0 Å². The number of rotatable bonds is 40. The summed E-state index contributed by atoms with van der Waals surface area (Å²) in [7, 11) is 6.32. The SMILES string of the molecule is CC[C@H](C)[C@@H]([C@@H](CC(=O)N1CCC[C@H]1[C@H](OC)[C@@H](C)C(=O)N[C@@H](Cc1ccccc1)C(=O)O)OC)N(C)[C@H](C(=O)NC(=O)C(C)(C)N(C)C(=O)CCOCCOCCOCCOCCOCCOCCN)C(C)C. The minimum absolute atomic E-state index is 0.00347. The molecule has 0 bridgehead atoms. The van der Waals surface area contributed by atoms with Gasteiger partial charge >= 0.3 is 5.97 Å². The number of carboxylic acids is 1. The van der Waals surface area contributed by atoms with Crippen molar-refractivity contribution in [3.05, 3.63) is 35.9 Å². The Hall–Kier alpha value is -4.16. The van der Waals surface area contributed by atoms with E-state index in [2.05, 4.69) is 10.6 Å². The van der Waals surface area contributed by atoms with Crippen LogP contribution in [0.25, 0.3) is 0 Å². The zero-order valence-electron chi connectivity index (χ0n) is 46.3. The van der Waals surface area contributed by atoms with E-state index in [1.54, 1.807) is 57.0 Å². The standard InChI is InChI=1S/C53H92N6O15/c1-12-38(4)47(43(67-10)36-45(61)59-22-16-19-42(59)48(68-11)39(5)49(62)55-41(51(64)65)35-40-17-14-13-15-18-40)57(8)46(37(2)3)50(63)56-52(66)53(6,7)58(9)44(60)20-23-69-25-27-71-29-31-73-33-34-74-32-30-72-28-26-70-24-21-54/h13-15,17-18,37-39,41-43,46-48H,12,16,19-36,54H2,1-11H3,(H,55,62)(H,64,65)(H,56,63,66)/t38-,39+,41-,42-,43+,46-,47-,48+/m0/s1. The monoisotopic (exact) mass is 1050 g/mol. The minimum atomic E-state index is -1.41. The fraction of sp³-hybridized carbons (Fsp3) is 0.774. The number of methoxy groups -OCH3 is 2. The van der Waals surface area contributed by atoms with Crippen molar-refractivity contribution in [3.63, 3.8) is 0 Å². The van der Waals surface area contributed by atoms with E-state index in [1.165, 1.54) is 26.2 Å². The minimum Gasteiger partial charge on any atom is -0.480 e. The summed E-state index contributed by atoms with van der Waals surface area (Å²) in [4.78, 5) is 86.5. The first-order valence-electron chi connectivity index (χ1n) is 26.2. The molecule has 1 aromatic carbocycles. The van der Waals surface area contributed by atoms with Gasteiger partial charge in [-0.2, -0.15) is 0 Å². The number of aliphatic carboxylic acids is 1. The summed E-state index contributed by atoms with van der Waals surface area (Å²) in [5, 5.41) is 15.2. The molecule has 5 amide bonds. The van der Waals surface area contributed by atoms with Gasteiger partial charge in [-0.3, -0.25) is 34.2 Å². The zero-order valence-corrected chi connectivity index (χ0v) is 46.3. The molecular weight excluding hydrogens is 961 g/mol. The van der Waals surface area contributed by atoms with Gasteiger partial charge in [-0.25, -0.2) is 4.79 Å². The summed E-state index contributed by atoms with van der Waals surface area (Å²) in [6.07, 6.45) is 0.601. The number of likely N-dealkylation sites (tertiary alicyclic amines) is 1. The topological polar surface area (TPSA) is 256 Å². The van der Waals surface area contributed by atoms with Crippen LogP contribution in [0.15, 0.2) is 30.3 Å². The van der Waals surface area contributed by atoms with Crippen molar-refractivity contribution in [2.45, 2.75) is 129 Å². The van der Waals surface area contributed by atoms with Crippen LogP contribution < -0.4 is 16.4 Å². The lowest BCUT2D eigenvalue weighted by Crippen LogP contribution is -2.62. The van der Waals surface area contributed by atoms with Crippen LogP contribution >= 0.6 is 0 Å². The van der Waals surface area contributed by atoms with Gasteiger partial charge in [0.1, 0.15) is 11.6 Å². The molecule has 74 heavy (non-hydrogen) atoms. The summed E-state index contributed by atoms with van der Waals surface area (Å²) in [6.45, 7) is 18.3. The van der Waals surface area contributed by atoms with Crippen LogP contribution in [0, 0.1) is 17.8 Å². The maximum Gasteiger partial charge on any atom is 0.326 e. The van der Waals surface area contributed by atoms with E-state index >= 15 is 0 Å². The van der Waals surface area contributed by atoms with E-state index in [4.69, 9.17) is 43.6 Å². The molecule has 0 aliphatic carbocycles. The normalized spacial score (nSPS) is 16.8. The van der Waals surface area contributed by atoms with Gasteiger partial charge in [0.25, 0.3) is 5.91 Å². The van der Waals surface area contributed by atoms with Gasteiger partial charge < -0.3 is 63.9 Å². The fourth-order valence-corrected chi connectivity index (χ4v) is 9.10. The lowest BCUT2D eigenvalue weighted by molar-refractivity contribution is -0.149. The average Bonchev–Trinajstić information content (AvgIpc) is 3.86. The highest BCUT2D eigenvalue weighted by Gasteiger charge is 2.44. The number of carbonyl (C=O) groups is 6. The second kappa shape index (κ2) is 36.0. The van der Waals surface area contributed by atoms with Crippen LogP contribution in [0.1, 0.15) is 86.1 Å². The molecule has 1 aromatic rings. The quantitative estimate of drug-likeness (QED) is 0.0689. The Labute approximate surface area is 440 Å². The van der Waals surface area contributed by atoms with E-state index < -0.39 is 71.5 Å². The van der Waals surface area contributed by atoms with Gasteiger partial charge in [-0.15, -0.1) is 0 Å². The number of ether oxygens (including phenoxy) is 8. The highest BCUT2D eigenvalue weighted by molar-refractivity contribution is 6.03. The van der Waals surface area contributed by atoms with Gasteiger partial charge in [0.05, 0.1) is 122 Å². The highest BCUT2D eigenvalue weighted by Crippen LogP contribution is 2.31. The second-order valence-corrected chi connectivity index (χ2v) is 19.6. The average molecular weight is 1050 g/mol. The van der Waals surface area contributed by atoms with E-state index in [0.717, 1.165) is 5.56 Å². The van der Waals surface area contributed by atoms with Crippen LogP contribution in [-0.2, 0) is 73.1 Å². The van der Waals surface area contributed by atoms with Crippen LogP contribution in [0.2, 0.25) is 0 Å². The van der Waals surface area contributed by atoms with E-state index in [1.807, 2.05) is 38.7 Å². The van der Waals surface area contributed by atoms with Crippen molar-refractivity contribution >= 4 is 35.5 Å². The molecule has 2 rings (SSSR count). The molecule has 1 aliphatic rings. The lowest BCUT2D eigenvalue weighted by Gasteiger charge is -2.43. The van der Waals surface area contributed by atoms with Crippen LogP contribution in [0.3, 0.4) is 0 Å². The number of likely N-dealkylation sites (N-methyl/N-ethyl adjacent to an activating group) is 2. The predicted octanol–water partition coefficient (Wildman–Crippen LogP) is 2.55. The van der Waals surface area contributed by atoms with Gasteiger partial charge in [-0.1, -0.05) is 71.4 Å². The number of benzene rings is 1. The molecule has 0 saturated carbocycles. The zero-order chi connectivity index (χ0) is 55.2. The summed E-state index contributed by atoms with van der Waals surface area (Å²) >= 11 is 0. The number of amides is 5. The Morgan fingerprint density at radius 1 is 0.784 bits per heavy atom. The molecule has 1 saturated heterocycles. The molecule has 8 atom stereocenters. The number of nitrogens with zero attached hydrogens (tertiary/aromatic N) is 3. The third-order valence-corrected chi connectivity index (χ3v) is 13.8. The Morgan fingerprint density at radius 2 is 1.31 bits per heavy atom. The first-order valence-corrected chi connectivity index (χ1v) is 26.2. The molecule has 21 heteroatoms. The molecule has 0 unspecified atom stereocenters. The number of hydrogen-bond acceptors (Lipinski definition) is 16. The van der Waals surface area contributed by atoms with Crippen molar-refractivity contribution in [2.75, 3.05) is 121 Å². The first kappa shape index (κ1) is 66.0. The largest absolute Gasteiger partial charge is 0.480 e. The van der Waals surface area contributed by atoms with Crippen molar-refractivity contribution < 1.29 is 71.8 Å². The van der Waals surface area contributed by atoms with Crippen LogP contribution in [-0.4, -0.2) is 218 Å². The molecule has 424 valence electrons. The maximum absolute atomic E-state index is 14.4. The molecule has 1 fully saturated rings. The summed E-state index contributed by atoms with van der Waals surface area (Å²) in [5.74, 6) is -4.57. The van der Waals surface area contributed by atoms with Gasteiger partial charge in [0.15, 0.2) is 0 Å². The van der Waals surface area contributed by atoms with E-state index in [-0.39, 0.29) is 56.1 Å². The van der Waals surface area contributed by atoms with Crippen molar-refractivity contribution in [1.29, 1.82) is 0 Å². The Balaban J connectivity index is 1.96. The third kappa shape index (κ3) is 22.2. The summed E-state index contributed by atoms with van der Waals surface area (Å²) < 4.78 is 44.7. The molecule has 0 spiro atoms. The van der Waals surface area contributed by atoms with E-state index in [9.17, 15) is 33.9 Å². The van der Waals surface area contributed by atoms with Crippen LogP contribution in [0.4, 0.5) is 0 Å². The third-order valence-electron chi connectivity index (χ3n) is 13.8. The van der Waals surface area contributed by atoms with Gasteiger partial charge in [-0.05, 0) is 51.1 Å². The molecule has 5 N–H and O–H groups in total. The molecule has 0 aromatic heterocycles. The lowest BCUT2D eigenvalue weighted by atomic mass is 9.87. The number of hydrogen-bond donors (Lipinski definition) is 4. The van der Waals surface area contributed by atoms with Gasteiger partial charge in [0, 0.05) is 46.8 Å². The molecule has 0 radical (unpaired) electrons. The maximum atomic E-state index is 14.4. The van der Waals surface area contributed by atoms with Crippen molar-refractivity contribution in [1.82, 2.24) is 25.3 Å². The first-order chi connectivity index (χ1) is 35.3. The number of carboxylic acid groups (broad SMARTS) is 1. The fourth-order valence-electron chi connectivity index (χ4n) is 9.10. The molecule has 1 aliphatic heterocycles. The summed E-state index contributed by atoms with van der Waals surface area (Å²) in [6, 6.07) is 6.14. The Morgan fingerprint density at radius 3 is 1.78 bits per heavy atom. The second-order valence-electron chi connectivity index (χ2n) is 19.6. The number of nitrogens with two attached hydrogens (primary N) is 1. The molecular formula is C53H92N6O15. The summed E-state index contributed by atoms with van der Waals surface area (Å²) in [5.41, 5.74) is 4.72. The predicted molar refractivity (Wildman–Crippen MR) is 278 cm³/mol. The molecule has 1 heterocycles. The number of nitrogens with one attached hydrogen (secondary N) is 2. The van der Waals surface area contributed by atoms with Crippen LogP contribution in [0.5, 0.6) is 0 Å². The van der Waals surface area contributed by atoms with Crippen molar-refractivity contribution in [2.24, 2.45) is 23.5 Å². The smallest absolute Gasteiger partial charge is 0.326 e.